The van der Waals surface area contributed by atoms with Crippen molar-refractivity contribution in [3.05, 3.63) is 53.1 Å². The van der Waals surface area contributed by atoms with Crippen molar-refractivity contribution in [2.75, 3.05) is 24.3 Å². The number of ether oxygens (including phenoxy) is 1. The maximum Gasteiger partial charge on any atom is 0.226 e. The smallest absolute Gasteiger partial charge is 0.226 e. The van der Waals surface area contributed by atoms with Crippen LogP contribution in [0.5, 0.6) is 5.75 Å². The van der Waals surface area contributed by atoms with Gasteiger partial charge in [0.25, 0.3) is 0 Å². The highest BCUT2D eigenvalue weighted by atomic mass is 35.5. The third-order valence-corrected chi connectivity index (χ3v) is 3.37. The summed E-state index contributed by atoms with van der Waals surface area (Å²) in [6.07, 6.45) is 0.351. The molecule has 0 aliphatic rings. The second-order valence-electron chi connectivity index (χ2n) is 4.94. The average Bonchev–Trinajstić information content (AvgIpc) is 2.47. The van der Waals surface area contributed by atoms with Crippen LogP contribution in [0, 0.1) is 6.92 Å². The van der Waals surface area contributed by atoms with Gasteiger partial charge in [-0.2, -0.15) is 0 Å². The lowest BCUT2D eigenvalue weighted by atomic mass is 10.2. The van der Waals surface area contributed by atoms with E-state index in [0.29, 0.717) is 29.4 Å². The molecule has 0 spiro atoms. The highest BCUT2D eigenvalue weighted by molar-refractivity contribution is 6.31. The fourth-order valence-corrected chi connectivity index (χ4v) is 2.24. The molecule has 2 N–H and O–H groups in total. The number of aryl methyl sites for hydroxylation is 1. The summed E-state index contributed by atoms with van der Waals surface area (Å²) < 4.78 is 5.20. The second kappa shape index (κ2) is 7.71. The van der Waals surface area contributed by atoms with E-state index in [4.69, 9.17) is 16.3 Å². The van der Waals surface area contributed by atoms with Crippen molar-refractivity contribution >= 4 is 28.9 Å². The molecule has 4 nitrogen and oxygen atoms in total. The molecule has 2 aromatic rings. The molecule has 0 aliphatic heterocycles. The minimum Gasteiger partial charge on any atom is -0.495 e. The molecular formula is C17H19ClN2O2. The number of methoxy groups -OCH3 is 1. The van der Waals surface area contributed by atoms with Gasteiger partial charge in [-0.25, -0.2) is 0 Å². The van der Waals surface area contributed by atoms with Crippen molar-refractivity contribution in [2.45, 2.75) is 13.3 Å². The van der Waals surface area contributed by atoms with Crippen molar-refractivity contribution in [1.29, 1.82) is 0 Å². The van der Waals surface area contributed by atoms with Gasteiger partial charge < -0.3 is 15.4 Å². The van der Waals surface area contributed by atoms with E-state index < -0.39 is 0 Å². The monoisotopic (exact) mass is 318 g/mol. The molecular weight excluding hydrogens is 300 g/mol. The van der Waals surface area contributed by atoms with Crippen LogP contribution in [0.3, 0.4) is 0 Å². The number of hydrogen-bond acceptors (Lipinski definition) is 3. The Bertz CT molecular complexity index is 659. The van der Waals surface area contributed by atoms with Gasteiger partial charge in [0, 0.05) is 23.7 Å². The van der Waals surface area contributed by atoms with Crippen LogP contribution >= 0.6 is 11.6 Å². The molecule has 0 radical (unpaired) electrons. The molecule has 0 aromatic heterocycles. The predicted molar refractivity (Wildman–Crippen MR) is 90.9 cm³/mol. The van der Waals surface area contributed by atoms with E-state index in [-0.39, 0.29) is 5.91 Å². The lowest BCUT2D eigenvalue weighted by Gasteiger charge is -2.11. The third kappa shape index (κ3) is 4.67. The van der Waals surface area contributed by atoms with Crippen LogP contribution in [0.25, 0.3) is 0 Å². The van der Waals surface area contributed by atoms with E-state index in [1.54, 1.807) is 25.3 Å². The second-order valence-corrected chi connectivity index (χ2v) is 5.38. The zero-order chi connectivity index (χ0) is 15.9. The highest BCUT2D eigenvalue weighted by Crippen LogP contribution is 2.27. The fourth-order valence-electron chi connectivity index (χ4n) is 2.07. The average molecular weight is 319 g/mol. The summed E-state index contributed by atoms with van der Waals surface area (Å²) >= 11 is 5.94. The zero-order valence-corrected chi connectivity index (χ0v) is 13.4. The third-order valence-electron chi connectivity index (χ3n) is 3.13. The SMILES string of the molecule is COc1ccc(Cl)cc1NC(=O)CCNc1cccc(C)c1. The topological polar surface area (TPSA) is 50.4 Å². The number of rotatable bonds is 6. The molecule has 116 valence electrons. The van der Waals surface area contributed by atoms with Gasteiger partial charge in [0.05, 0.1) is 12.8 Å². The van der Waals surface area contributed by atoms with Crippen LogP contribution < -0.4 is 15.4 Å². The first-order valence-corrected chi connectivity index (χ1v) is 7.40. The summed E-state index contributed by atoms with van der Waals surface area (Å²) in [6.45, 7) is 2.58. The number of halogens is 1. The number of nitrogens with one attached hydrogen (secondary N) is 2. The molecule has 5 heteroatoms. The van der Waals surface area contributed by atoms with E-state index >= 15 is 0 Å². The Labute approximate surface area is 135 Å². The number of amides is 1. The summed E-state index contributed by atoms with van der Waals surface area (Å²) in [7, 11) is 1.55. The van der Waals surface area contributed by atoms with Crippen molar-refractivity contribution in [3.8, 4) is 5.75 Å². The lowest BCUT2D eigenvalue weighted by molar-refractivity contribution is -0.115. The van der Waals surface area contributed by atoms with Gasteiger partial charge in [0.2, 0.25) is 5.91 Å². The summed E-state index contributed by atoms with van der Waals surface area (Å²) in [5.74, 6) is 0.491. The van der Waals surface area contributed by atoms with E-state index in [1.165, 1.54) is 5.56 Å². The van der Waals surface area contributed by atoms with Gasteiger partial charge in [0.1, 0.15) is 5.75 Å². The maximum absolute atomic E-state index is 12.0. The van der Waals surface area contributed by atoms with Crippen molar-refractivity contribution in [3.63, 3.8) is 0 Å². The van der Waals surface area contributed by atoms with Gasteiger partial charge in [-0.3, -0.25) is 4.79 Å². The number of benzene rings is 2. The largest absolute Gasteiger partial charge is 0.495 e. The van der Waals surface area contributed by atoms with Gasteiger partial charge in [-0.05, 0) is 42.8 Å². The summed E-state index contributed by atoms with van der Waals surface area (Å²) in [5.41, 5.74) is 2.77. The molecule has 0 fully saturated rings. The first-order valence-electron chi connectivity index (χ1n) is 7.02. The Morgan fingerprint density at radius 2 is 2.05 bits per heavy atom. The minimum absolute atomic E-state index is 0.0966. The van der Waals surface area contributed by atoms with Crippen molar-refractivity contribution < 1.29 is 9.53 Å². The lowest BCUT2D eigenvalue weighted by Crippen LogP contribution is -2.16. The molecule has 0 saturated carbocycles. The zero-order valence-electron chi connectivity index (χ0n) is 12.7. The van der Waals surface area contributed by atoms with E-state index in [9.17, 15) is 4.79 Å². The molecule has 0 saturated heterocycles. The van der Waals surface area contributed by atoms with Crippen LogP contribution in [0.4, 0.5) is 11.4 Å². The normalized spacial score (nSPS) is 10.1. The van der Waals surface area contributed by atoms with Gasteiger partial charge in [-0.1, -0.05) is 23.7 Å². The predicted octanol–water partition coefficient (Wildman–Crippen LogP) is 4.10. The molecule has 0 unspecified atom stereocenters. The molecule has 0 atom stereocenters. The van der Waals surface area contributed by atoms with Crippen LogP contribution in [0.2, 0.25) is 5.02 Å². The van der Waals surface area contributed by atoms with E-state index in [2.05, 4.69) is 10.6 Å². The first kappa shape index (κ1) is 16.2. The molecule has 2 rings (SSSR count). The summed E-state index contributed by atoms with van der Waals surface area (Å²) in [5, 5.41) is 6.59. The van der Waals surface area contributed by atoms with Gasteiger partial charge >= 0.3 is 0 Å². The van der Waals surface area contributed by atoms with Crippen molar-refractivity contribution in [1.82, 2.24) is 0 Å². The van der Waals surface area contributed by atoms with E-state index in [1.807, 2.05) is 31.2 Å². The van der Waals surface area contributed by atoms with Gasteiger partial charge in [-0.15, -0.1) is 0 Å². The van der Waals surface area contributed by atoms with E-state index in [0.717, 1.165) is 5.69 Å². The molecule has 22 heavy (non-hydrogen) atoms. The summed E-state index contributed by atoms with van der Waals surface area (Å²) in [4.78, 5) is 12.0. The Morgan fingerprint density at radius 3 is 2.77 bits per heavy atom. The number of carbonyl (C=O) groups excluding carboxylic acids is 1. The quantitative estimate of drug-likeness (QED) is 0.843. The number of carbonyl (C=O) groups is 1. The Kier molecular flexibility index (Phi) is 5.67. The molecule has 0 bridgehead atoms. The Hall–Kier alpha value is -2.20. The molecule has 0 aliphatic carbocycles. The van der Waals surface area contributed by atoms with Crippen LogP contribution in [-0.4, -0.2) is 19.6 Å². The number of hydrogen-bond donors (Lipinski definition) is 2. The van der Waals surface area contributed by atoms with Gasteiger partial charge in [0.15, 0.2) is 0 Å². The highest BCUT2D eigenvalue weighted by Gasteiger charge is 2.08. The van der Waals surface area contributed by atoms with Crippen LogP contribution in [-0.2, 0) is 4.79 Å². The Morgan fingerprint density at radius 1 is 1.23 bits per heavy atom. The minimum atomic E-state index is -0.0966. The van der Waals surface area contributed by atoms with Crippen molar-refractivity contribution in [2.24, 2.45) is 0 Å². The molecule has 2 aromatic carbocycles. The van der Waals surface area contributed by atoms with Crippen LogP contribution in [0.1, 0.15) is 12.0 Å². The standard InChI is InChI=1S/C17H19ClN2O2/c1-12-4-3-5-14(10-12)19-9-8-17(21)20-15-11-13(18)6-7-16(15)22-2/h3-7,10-11,19H,8-9H2,1-2H3,(H,20,21). The maximum atomic E-state index is 12.0. The number of anilines is 2. The molecule has 0 heterocycles. The molecule has 1 amide bonds. The van der Waals surface area contributed by atoms with Crippen LogP contribution in [0.15, 0.2) is 42.5 Å². The first-order chi connectivity index (χ1) is 10.6. The Balaban J connectivity index is 1.87. The fraction of sp³-hybridized carbons (Fsp3) is 0.235. The summed E-state index contributed by atoms with van der Waals surface area (Å²) in [6, 6.07) is 13.1.